The number of anilines is 1. The number of nitrogens with zero attached hydrogens (tertiary/aromatic N) is 1. The first-order chi connectivity index (χ1) is 6.15. The third-order valence-corrected chi connectivity index (χ3v) is 2.24. The number of benzene rings is 1. The Bertz CT molecular complexity index is 314. The van der Waals surface area contributed by atoms with Crippen LogP contribution >= 0.6 is 15.9 Å². The van der Waals surface area contributed by atoms with Gasteiger partial charge in [0.15, 0.2) is 0 Å². The summed E-state index contributed by atoms with van der Waals surface area (Å²) in [5.74, 6) is 0.734. The molecule has 0 N–H and O–H groups in total. The zero-order valence-corrected chi connectivity index (χ0v) is 9.04. The van der Waals surface area contributed by atoms with Crippen LogP contribution in [0.2, 0.25) is 0 Å². The molecule has 0 fully saturated rings. The van der Waals surface area contributed by atoms with E-state index in [2.05, 4.69) is 15.9 Å². The van der Waals surface area contributed by atoms with Crippen LogP contribution in [0.3, 0.4) is 0 Å². The van der Waals surface area contributed by atoms with Crippen molar-refractivity contribution < 1.29 is 9.53 Å². The number of hydrogen-bond donors (Lipinski definition) is 0. The molecule has 0 saturated carbocycles. The van der Waals surface area contributed by atoms with Gasteiger partial charge in [-0.25, -0.2) is 0 Å². The number of methoxy groups -OCH3 is 1. The molecule has 70 valence electrons. The van der Waals surface area contributed by atoms with Gasteiger partial charge in [-0.2, -0.15) is 0 Å². The molecule has 0 aliphatic heterocycles. The summed E-state index contributed by atoms with van der Waals surface area (Å²) in [6.45, 7) is 0. The van der Waals surface area contributed by atoms with Crippen molar-refractivity contribution in [2.24, 2.45) is 0 Å². The molecule has 1 aromatic carbocycles. The number of ether oxygens (including phenoxy) is 1. The lowest BCUT2D eigenvalue weighted by atomic mass is 10.3. The Morgan fingerprint density at radius 1 is 1.54 bits per heavy atom. The molecule has 0 atom stereocenters. The van der Waals surface area contributed by atoms with Crippen molar-refractivity contribution in [2.75, 3.05) is 19.1 Å². The summed E-state index contributed by atoms with van der Waals surface area (Å²) in [5, 5.41) is 0. The van der Waals surface area contributed by atoms with Crippen molar-refractivity contribution in [3.8, 4) is 5.75 Å². The van der Waals surface area contributed by atoms with E-state index in [1.807, 2.05) is 18.2 Å². The number of amides is 1. The minimum atomic E-state index is -0.180. The normalized spacial score (nSPS) is 9.46. The molecule has 0 spiro atoms. The monoisotopic (exact) mass is 243 g/mol. The van der Waals surface area contributed by atoms with E-state index in [0.717, 1.165) is 11.4 Å². The summed E-state index contributed by atoms with van der Waals surface area (Å²) in [7, 11) is 3.28. The maximum atomic E-state index is 10.9. The molecule has 0 aliphatic rings. The minimum Gasteiger partial charge on any atom is -0.497 e. The number of halogens is 1. The van der Waals surface area contributed by atoms with Crippen LogP contribution in [-0.4, -0.2) is 19.0 Å². The highest BCUT2D eigenvalue weighted by Gasteiger charge is 2.06. The summed E-state index contributed by atoms with van der Waals surface area (Å²) in [6, 6.07) is 7.29. The van der Waals surface area contributed by atoms with Crippen LogP contribution in [0, 0.1) is 0 Å². The van der Waals surface area contributed by atoms with Crippen LogP contribution in [0.5, 0.6) is 5.75 Å². The Morgan fingerprint density at radius 2 is 2.23 bits per heavy atom. The second-order valence-corrected chi connectivity index (χ2v) is 3.19. The zero-order chi connectivity index (χ0) is 9.84. The van der Waals surface area contributed by atoms with Crippen molar-refractivity contribution >= 4 is 26.4 Å². The first-order valence-corrected chi connectivity index (χ1v) is 4.51. The predicted octanol–water partition coefficient (Wildman–Crippen LogP) is 2.65. The largest absolute Gasteiger partial charge is 0.497 e. The van der Waals surface area contributed by atoms with Gasteiger partial charge in [0.1, 0.15) is 5.75 Å². The third-order valence-electron chi connectivity index (χ3n) is 1.70. The summed E-state index contributed by atoms with van der Waals surface area (Å²) in [4.78, 5) is 12.3. The molecule has 1 aromatic rings. The van der Waals surface area contributed by atoms with E-state index in [4.69, 9.17) is 4.74 Å². The van der Waals surface area contributed by atoms with Gasteiger partial charge in [0, 0.05) is 34.7 Å². The topological polar surface area (TPSA) is 29.5 Å². The second-order valence-electron chi connectivity index (χ2n) is 2.51. The van der Waals surface area contributed by atoms with Gasteiger partial charge >= 0.3 is 0 Å². The molecule has 0 aromatic heterocycles. The number of hydrogen-bond acceptors (Lipinski definition) is 2. The van der Waals surface area contributed by atoms with Crippen LogP contribution in [0.25, 0.3) is 0 Å². The Balaban J connectivity index is 2.94. The molecule has 13 heavy (non-hydrogen) atoms. The highest BCUT2D eigenvalue weighted by molar-refractivity contribution is 9.18. The van der Waals surface area contributed by atoms with E-state index in [0.29, 0.717) is 0 Å². The van der Waals surface area contributed by atoms with E-state index >= 15 is 0 Å². The number of carbonyl (C=O) groups excluding carboxylic acids is 1. The van der Waals surface area contributed by atoms with Gasteiger partial charge in [0.05, 0.1) is 7.11 Å². The van der Waals surface area contributed by atoms with Crippen molar-refractivity contribution in [1.29, 1.82) is 0 Å². The van der Waals surface area contributed by atoms with Crippen LogP contribution in [0.15, 0.2) is 24.3 Å². The lowest BCUT2D eigenvalue weighted by Crippen LogP contribution is -2.18. The van der Waals surface area contributed by atoms with Gasteiger partial charge in [-0.05, 0) is 12.1 Å². The SMILES string of the molecule is COc1cccc(N(C)C(=O)Br)c1. The molecular weight excluding hydrogens is 234 g/mol. The fourth-order valence-electron chi connectivity index (χ4n) is 0.921. The predicted molar refractivity (Wildman–Crippen MR) is 55.7 cm³/mol. The fourth-order valence-corrected chi connectivity index (χ4v) is 1.13. The van der Waals surface area contributed by atoms with E-state index in [9.17, 15) is 4.79 Å². The second kappa shape index (κ2) is 4.28. The standard InChI is InChI=1S/C9H10BrNO2/c1-11(9(10)12)7-4-3-5-8(6-7)13-2/h3-6H,1-2H3. The Labute approximate surface area is 85.4 Å². The molecular formula is C9H10BrNO2. The number of carbonyl (C=O) groups is 1. The Kier molecular flexibility index (Phi) is 3.31. The molecule has 0 unspecified atom stereocenters. The van der Waals surface area contributed by atoms with Crippen molar-refractivity contribution in [1.82, 2.24) is 0 Å². The molecule has 0 radical (unpaired) electrons. The maximum absolute atomic E-state index is 10.9. The lowest BCUT2D eigenvalue weighted by Gasteiger charge is -2.14. The summed E-state index contributed by atoms with van der Waals surface area (Å²) >= 11 is 2.87. The number of rotatable bonds is 2. The van der Waals surface area contributed by atoms with Gasteiger partial charge in [-0.15, -0.1) is 0 Å². The Hall–Kier alpha value is -1.03. The fraction of sp³-hybridized carbons (Fsp3) is 0.222. The third kappa shape index (κ3) is 2.45. The van der Waals surface area contributed by atoms with E-state index in [-0.39, 0.29) is 4.82 Å². The minimum absolute atomic E-state index is 0.180. The van der Waals surface area contributed by atoms with Crippen LogP contribution in [0.4, 0.5) is 10.5 Å². The van der Waals surface area contributed by atoms with Crippen LogP contribution in [0.1, 0.15) is 0 Å². The quantitative estimate of drug-likeness (QED) is 0.591. The molecule has 0 bridgehead atoms. The summed E-state index contributed by atoms with van der Waals surface area (Å²) in [5.41, 5.74) is 0.793. The van der Waals surface area contributed by atoms with Crippen LogP contribution in [-0.2, 0) is 0 Å². The smallest absolute Gasteiger partial charge is 0.293 e. The van der Waals surface area contributed by atoms with Gasteiger partial charge in [0.25, 0.3) is 4.82 Å². The molecule has 0 heterocycles. The molecule has 4 heteroatoms. The molecule has 0 aliphatic carbocycles. The maximum Gasteiger partial charge on any atom is 0.293 e. The average Bonchev–Trinajstić information content (AvgIpc) is 2.16. The van der Waals surface area contributed by atoms with Crippen molar-refractivity contribution in [2.45, 2.75) is 0 Å². The van der Waals surface area contributed by atoms with Crippen molar-refractivity contribution in [3.63, 3.8) is 0 Å². The molecule has 1 rings (SSSR count). The highest BCUT2D eigenvalue weighted by Crippen LogP contribution is 2.20. The van der Waals surface area contributed by atoms with Gasteiger partial charge < -0.3 is 9.64 Å². The summed E-state index contributed by atoms with van der Waals surface area (Å²) in [6.07, 6.45) is 0. The molecule has 3 nitrogen and oxygen atoms in total. The molecule has 1 amide bonds. The van der Waals surface area contributed by atoms with E-state index in [1.54, 1.807) is 20.2 Å². The Morgan fingerprint density at radius 3 is 2.77 bits per heavy atom. The highest BCUT2D eigenvalue weighted by atomic mass is 79.9. The van der Waals surface area contributed by atoms with E-state index in [1.165, 1.54) is 4.90 Å². The van der Waals surface area contributed by atoms with Gasteiger partial charge in [0.2, 0.25) is 0 Å². The average molecular weight is 244 g/mol. The van der Waals surface area contributed by atoms with Crippen molar-refractivity contribution in [3.05, 3.63) is 24.3 Å². The summed E-state index contributed by atoms with van der Waals surface area (Å²) < 4.78 is 5.03. The lowest BCUT2D eigenvalue weighted by molar-refractivity contribution is 0.267. The molecule has 0 saturated heterocycles. The first kappa shape index (κ1) is 10.1. The van der Waals surface area contributed by atoms with E-state index < -0.39 is 0 Å². The van der Waals surface area contributed by atoms with Gasteiger partial charge in [-0.1, -0.05) is 6.07 Å². The van der Waals surface area contributed by atoms with Gasteiger partial charge in [-0.3, -0.25) is 4.79 Å². The van der Waals surface area contributed by atoms with Crippen LogP contribution < -0.4 is 9.64 Å². The first-order valence-electron chi connectivity index (χ1n) is 3.72. The zero-order valence-electron chi connectivity index (χ0n) is 7.45.